The summed E-state index contributed by atoms with van der Waals surface area (Å²) < 4.78 is 66.7. The summed E-state index contributed by atoms with van der Waals surface area (Å²) in [6, 6.07) is 3.66. The van der Waals surface area contributed by atoms with Crippen LogP contribution in [0.2, 0.25) is 0 Å². The van der Waals surface area contributed by atoms with Crippen LogP contribution >= 0.6 is 24.2 Å². The largest absolute Gasteiger partial charge is 0.446 e. The zero-order valence-corrected chi connectivity index (χ0v) is 14.2. The van der Waals surface area contributed by atoms with Gasteiger partial charge in [0.2, 0.25) is 0 Å². The van der Waals surface area contributed by atoms with Gasteiger partial charge in [0.15, 0.2) is 0 Å². The standard InChI is InChI=1S/C14H17F5N2OS.ClH/c15-13(16,9-22)12(21-7-5-20-6-8-21)10-3-1-2-4-11(10)23-14(17,18)19;/h1-4,12,20,22H,5-9H2;1H/t12-;/m0./s1. The molecule has 1 saturated heterocycles. The summed E-state index contributed by atoms with van der Waals surface area (Å²) in [5.74, 6) is -3.54. The van der Waals surface area contributed by atoms with Crippen LogP contribution in [0.15, 0.2) is 29.2 Å². The highest BCUT2D eigenvalue weighted by Crippen LogP contribution is 2.45. The van der Waals surface area contributed by atoms with Crippen molar-refractivity contribution in [2.45, 2.75) is 22.4 Å². The molecule has 0 aliphatic carbocycles. The van der Waals surface area contributed by atoms with E-state index < -0.39 is 35.8 Å². The summed E-state index contributed by atoms with van der Waals surface area (Å²) in [4.78, 5) is 1.15. The van der Waals surface area contributed by atoms with Gasteiger partial charge >= 0.3 is 5.51 Å². The van der Waals surface area contributed by atoms with Crippen LogP contribution in [0.4, 0.5) is 22.0 Å². The third kappa shape index (κ3) is 5.45. The van der Waals surface area contributed by atoms with Crippen LogP contribution in [0, 0.1) is 0 Å². The number of aliphatic hydroxyl groups excluding tert-OH is 1. The molecular weight excluding hydrogens is 375 g/mol. The van der Waals surface area contributed by atoms with Crippen molar-refractivity contribution in [3.8, 4) is 0 Å². The SMILES string of the molecule is Cl.OCC(F)(F)[C@H](c1ccccc1SC(F)(F)F)N1CCNCC1. The first-order valence-electron chi connectivity index (χ1n) is 7.03. The van der Waals surface area contributed by atoms with Crippen LogP contribution < -0.4 is 5.32 Å². The highest BCUT2D eigenvalue weighted by molar-refractivity contribution is 8.00. The lowest BCUT2D eigenvalue weighted by atomic mass is 9.98. The molecule has 138 valence electrons. The van der Waals surface area contributed by atoms with Crippen LogP contribution in [-0.4, -0.2) is 54.2 Å². The maximum Gasteiger partial charge on any atom is 0.446 e. The number of nitrogens with zero attached hydrogens (tertiary/aromatic N) is 1. The predicted octanol–water partition coefficient (Wildman–Crippen LogP) is 3.29. The Hall–Kier alpha value is -0.610. The molecule has 2 rings (SSSR count). The first kappa shape index (κ1) is 21.4. The van der Waals surface area contributed by atoms with Gasteiger partial charge in [-0.1, -0.05) is 18.2 Å². The lowest BCUT2D eigenvalue weighted by Crippen LogP contribution is -2.51. The smallest absolute Gasteiger partial charge is 0.390 e. The van der Waals surface area contributed by atoms with Crippen molar-refractivity contribution in [1.29, 1.82) is 0 Å². The summed E-state index contributed by atoms with van der Waals surface area (Å²) in [5, 5.41) is 12.1. The minimum absolute atomic E-state index is 0. The number of benzene rings is 1. The molecule has 1 heterocycles. The van der Waals surface area contributed by atoms with Gasteiger partial charge in [0.05, 0.1) is 0 Å². The van der Waals surface area contributed by atoms with Gasteiger partial charge in [-0.2, -0.15) is 13.2 Å². The molecule has 3 nitrogen and oxygen atoms in total. The topological polar surface area (TPSA) is 35.5 Å². The fourth-order valence-electron chi connectivity index (χ4n) is 2.64. The molecule has 1 aromatic carbocycles. The summed E-state index contributed by atoms with van der Waals surface area (Å²) in [5.41, 5.74) is -4.69. The maximum absolute atomic E-state index is 14.3. The number of thioether (sulfide) groups is 1. The fraction of sp³-hybridized carbons (Fsp3) is 0.571. The molecule has 0 amide bonds. The van der Waals surface area contributed by atoms with Crippen molar-refractivity contribution < 1.29 is 27.1 Å². The summed E-state index contributed by atoms with van der Waals surface area (Å²) >= 11 is -0.411. The van der Waals surface area contributed by atoms with Crippen molar-refractivity contribution in [3.05, 3.63) is 29.8 Å². The Balaban J connectivity index is 0.00000288. The first-order valence-corrected chi connectivity index (χ1v) is 7.84. The molecule has 0 aromatic heterocycles. The van der Waals surface area contributed by atoms with Crippen molar-refractivity contribution >= 4 is 24.2 Å². The Bertz CT molecular complexity index is 526. The maximum atomic E-state index is 14.3. The van der Waals surface area contributed by atoms with E-state index in [1.54, 1.807) is 0 Å². The lowest BCUT2D eigenvalue weighted by molar-refractivity contribution is -0.119. The Morgan fingerprint density at radius 2 is 1.71 bits per heavy atom. The Morgan fingerprint density at radius 1 is 1.12 bits per heavy atom. The number of hydrogen-bond acceptors (Lipinski definition) is 4. The van der Waals surface area contributed by atoms with Gasteiger partial charge < -0.3 is 10.4 Å². The van der Waals surface area contributed by atoms with E-state index in [0.29, 0.717) is 13.1 Å². The normalized spacial score (nSPS) is 18.1. The molecule has 0 saturated carbocycles. The summed E-state index contributed by atoms with van der Waals surface area (Å²) in [6.45, 7) is 0.0440. The Labute approximate surface area is 147 Å². The van der Waals surface area contributed by atoms with Gasteiger partial charge in [0.25, 0.3) is 5.92 Å². The molecule has 0 radical (unpaired) electrons. The van der Waals surface area contributed by atoms with Gasteiger partial charge in [-0.3, -0.25) is 4.90 Å². The molecule has 1 aromatic rings. The molecule has 10 heteroatoms. The monoisotopic (exact) mass is 392 g/mol. The van der Waals surface area contributed by atoms with Crippen LogP contribution in [0.5, 0.6) is 0 Å². The molecular formula is C14H18ClF5N2OS. The van der Waals surface area contributed by atoms with E-state index in [4.69, 9.17) is 5.11 Å². The number of piperazine rings is 1. The second-order valence-corrected chi connectivity index (χ2v) is 6.30. The quantitative estimate of drug-likeness (QED) is 0.595. The fourth-order valence-corrected chi connectivity index (χ4v) is 3.34. The summed E-state index contributed by atoms with van der Waals surface area (Å²) in [7, 11) is 0. The molecule has 1 aliphatic heterocycles. The highest BCUT2D eigenvalue weighted by Gasteiger charge is 2.45. The zero-order chi connectivity index (χ0) is 17.1. The molecule has 2 N–H and O–H groups in total. The molecule has 1 atom stereocenters. The average Bonchev–Trinajstić information content (AvgIpc) is 2.49. The van der Waals surface area contributed by atoms with Gasteiger partial charge in [0, 0.05) is 31.1 Å². The number of nitrogens with one attached hydrogen (secondary N) is 1. The van der Waals surface area contributed by atoms with Gasteiger partial charge in [-0.05, 0) is 23.4 Å². The van der Waals surface area contributed by atoms with Gasteiger partial charge in [-0.15, -0.1) is 12.4 Å². The minimum atomic E-state index is -4.57. The first-order chi connectivity index (χ1) is 10.7. The Morgan fingerprint density at radius 3 is 2.25 bits per heavy atom. The molecule has 0 unspecified atom stereocenters. The van der Waals surface area contributed by atoms with Gasteiger partial charge in [0.1, 0.15) is 12.6 Å². The molecule has 0 bridgehead atoms. The zero-order valence-electron chi connectivity index (χ0n) is 12.5. The number of aliphatic hydroxyl groups is 1. The average molecular weight is 393 g/mol. The third-order valence-electron chi connectivity index (χ3n) is 3.57. The van der Waals surface area contributed by atoms with Crippen molar-refractivity contribution in [2.75, 3.05) is 32.8 Å². The second kappa shape index (κ2) is 8.66. The lowest BCUT2D eigenvalue weighted by Gasteiger charge is -2.39. The van der Waals surface area contributed by atoms with E-state index in [1.165, 1.54) is 29.2 Å². The van der Waals surface area contributed by atoms with Crippen LogP contribution in [0.1, 0.15) is 11.6 Å². The second-order valence-electron chi connectivity index (χ2n) is 5.19. The molecule has 1 aliphatic rings. The highest BCUT2D eigenvalue weighted by atomic mass is 35.5. The van der Waals surface area contributed by atoms with E-state index >= 15 is 0 Å². The molecule has 24 heavy (non-hydrogen) atoms. The predicted molar refractivity (Wildman–Crippen MR) is 84.8 cm³/mol. The van der Waals surface area contributed by atoms with E-state index in [1.807, 2.05) is 0 Å². The number of halogens is 6. The third-order valence-corrected chi connectivity index (χ3v) is 4.39. The minimum Gasteiger partial charge on any atom is -0.390 e. The van der Waals surface area contributed by atoms with Gasteiger partial charge in [-0.25, -0.2) is 8.78 Å². The van der Waals surface area contributed by atoms with E-state index in [9.17, 15) is 22.0 Å². The molecule has 1 fully saturated rings. The number of hydrogen-bond donors (Lipinski definition) is 2. The molecule has 0 spiro atoms. The van der Waals surface area contributed by atoms with Crippen molar-refractivity contribution in [1.82, 2.24) is 10.2 Å². The van der Waals surface area contributed by atoms with E-state index in [-0.39, 0.29) is 36.0 Å². The van der Waals surface area contributed by atoms with Crippen LogP contribution in [-0.2, 0) is 0 Å². The van der Waals surface area contributed by atoms with Crippen molar-refractivity contribution in [3.63, 3.8) is 0 Å². The Kier molecular flexibility index (Phi) is 7.74. The van der Waals surface area contributed by atoms with Crippen LogP contribution in [0.25, 0.3) is 0 Å². The number of alkyl halides is 5. The summed E-state index contributed by atoms with van der Waals surface area (Å²) in [6.07, 6.45) is 0. The van der Waals surface area contributed by atoms with E-state index in [2.05, 4.69) is 5.32 Å². The van der Waals surface area contributed by atoms with E-state index in [0.717, 1.165) is 0 Å². The number of rotatable bonds is 5. The van der Waals surface area contributed by atoms with Crippen molar-refractivity contribution in [2.24, 2.45) is 0 Å². The van der Waals surface area contributed by atoms with Crippen LogP contribution in [0.3, 0.4) is 0 Å².